The fraction of sp³-hybridized carbons (Fsp3) is 0.394. The molecule has 0 aliphatic heterocycles. The molecule has 0 saturated carbocycles. The molecule has 0 aromatic heterocycles. The molecule has 2 atom stereocenters. The van der Waals surface area contributed by atoms with Gasteiger partial charge >= 0.3 is 0 Å². The summed E-state index contributed by atoms with van der Waals surface area (Å²) >= 11 is 6.11. The van der Waals surface area contributed by atoms with Crippen LogP contribution in [0.3, 0.4) is 0 Å². The van der Waals surface area contributed by atoms with Crippen molar-refractivity contribution in [1.29, 1.82) is 0 Å². The average molecular weight is 612 g/mol. The third-order valence-corrected chi connectivity index (χ3v) is 8.97. The molecule has 7 nitrogen and oxygen atoms in total. The van der Waals surface area contributed by atoms with Crippen molar-refractivity contribution in [3.63, 3.8) is 0 Å². The third kappa shape index (κ3) is 9.33. The van der Waals surface area contributed by atoms with Crippen molar-refractivity contribution < 1.29 is 18.0 Å². The van der Waals surface area contributed by atoms with E-state index in [0.29, 0.717) is 23.6 Å². The molecular formula is C33H42ClN3O4S. The molecule has 42 heavy (non-hydrogen) atoms. The monoisotopic (exact) mass is 611 g/mol. The zero-order valence-electron chi connectivity index (χ0n) is 25.1. The summed E-state index contributed by atoms with van der Waals surface area (Å²) < 4.78 is 26.9. The van der Waals surface area contributed by atoms with Gasteiger partial charge in [0.1, 0.15) is 6.04 Å². The van der Waals surface area contributed by atoms with E-state index in [-0.39, 0.29) is 37.4 Å². The highest BCUT2D eigenvalue weighted by Gasteiger charge is 2.31. The fourth-order valence-electron chi connectivity index (χ4n) is 4.77. The van der Waals surface area contributed by atoms with Gasteiger partial charge in [-0.15, -0.1) is 0 Å². The summed E-state index contributed by atoms with van der Waals surface area (Å²) in [5.74, 6) is -0.441. The van der Waals surface area contributed by atoms with Crippen LogP contribution in [0.5, 0.6) is 0 Å². The minimum Gasteiger partial charge on any atom is -0.352 e. The maximum absolute atomic E-state index is 13.9. The first-order valence-electron chi connectivity index (χ1n) is 14.3. The van der Waals surface area contributed by atoms with Gasteiger partial charge in [-0.3, -0.25) is 13.9 Å². The maximum Gasteiger partial charge on any atom is 0.243 e. The summed E-state index contributed by atoms with van der Waals surface area (Å²) in [4.78, 5) is 29.2. The maximum atomic E-state index is 13.9. The number of carbonyl (C=O) groups excluding carboxylic acids is 2. The first-order valence-corrected chi connectivity index (χ1v) is 16.6. The van der Waals surface area contributed by atoms with Crippen LogP contribution in [-0.4, -0.2) is 50.0 Å². The van der Waals surface area contributed by atoms with Gasteiger partial charge < -0.3 is 10.2 Å². The van der Waals surface area contributed by atoms with E-state index in [9.17, 15) is 18.0 Å². The van der Waals surface area contributed by atoms with Crippen LogP contribution in [0.1, 0.15) is 55.4 Å². The third-order valence-electron chi connectivity index (χ3n) is 7.54. The Labute approximate surface area is 255 Å². The van der Waals surface area contributed by atoms with E-state index in [1.165, 1.54) is 10.6 Å². The van der Waals surface area contributed by atoms with Gasteiger partial charge in [-0.05, 0) is 74.1 Å². The molecule has 2 amide bonds. The summed E-state index contributed by atoms with van der Waals surface area (Å²) in [5.41, 5.74) is 4.26. The van der Waals surface area contributed by atoms with E-state index in [1.54, 1.807) is 23.1 Å². The minimum absolute atomic E-state index is 0.0517. The number of anilines is 1. The Bertz CT molecular complexity index is 1450. The molecule has 1 N–H and O–H groups in total. The van der Waals surface area contributed by atoms with E-state index in [4.69, 9.17) is 11.6 Å². The number of amides is 2. The second-order valence-corrected chi connectivity index (χ2v) is 13.2. The van der Waals surface area contributed by atoms with Crippen molar-refractivity contribution in [3.8, 4) is 0 Å². The van der Waals surface area contributed by atoms with E-state index >= 15 is 0 Å². The first-order chi connectivity index (χ1) is 19.9. The summed E-state index contributed by atoms with van der Waals surface area (Å²) in [6.07, 6.45) is 2.65. The fourth-order valence-corrected chi connectivity index (χ4v) is 5.91. The van der Waals surface area contributed by atoms with Gasteiger partial charge in [-0.2, -0.15) is 0 Å². The van der Waals surface area contributed by atoms with Gasteiger partial charge in [0, 0.05) is 37.0 Å². The van der Waals surface area contributed by atoms with Crippen LogP contribution >= 0.6 is 11.6 Å². The van der Waals surface area contributed by atoms with Crippen molar-refractivity contribution in [2.75, 3.05) is 17.1 Å². The van der Waals surface area contributed by atoms with Crippen LogP contribution in [0.4, 0.5) is 5.69 Å². The molecular weight excluding hydrogens is 570 g/mol. The molecule has 9 heteroatoms. The molecule has 3 rings (SSSR count). The standard InChI is InChI=1S/C33H42ClN3O4S/c1-6-25(3)35-33(39)31(22-27-13-8-7-9-14-27)36(23-28-17-19-29(34)20-18-28)32(38)16-11-21-37(42(5,40)41)30-15-10-12-24(2)26(30)4/h7-10,12-15,17-20,25,31H,6,11,16,21-23H2,1-5H3,(H,35,39)/t25-,31+/m0/s1. The quantitative estimate of drug-likeness (QED) is 0.240. The lowest BCUT2D eigenvalue weighted by atomic mass is 10.0. The lowest BCUT2D eigenvalue weighted by Crippen LogP contribution is -2.52. The number of aryl methyl sites for hydroxylation is 1. The smallest absolute Gasteiger partial charge is 0.243 e. The second kappa shape index (κ2) is 15.2. The van der Waals surface area contributed by atoms with E-state index in [0.717, 1.165) is 28.7 Å². The molecule has 0 fully saturated rings. The topological polar surface area (TPSA) is 86.8 Å². The number of sulfonamides is 1. The first kappa shape index (κ1) is 33.1. The van der Waals surface area contributed by atoms with Crippen LogP contribution in [0.25, 0.3) is 0 Å². The Kier molecular flexibility index (Phi) is 12.0. The number of benzene rings is 3. The Morgan fingerprint density at radius 2 is 1.60 bits per heavy atom. The van der Waals surface area contributed by atoms with Gasteiger partial charge in [0.2, 0.25) is 21.8 Å². The molecule has 0 saturated heterocycles. The van der Waals surface area contributed by atoms with E-state index < -0.39 is 16.1 Å². The predicted molar refractivity (Wildman–Crippen MR) is 171 cm³/mol. The molecule has 0 heterocycles. The molecule has 0 aliphatic carbocycles. The van der Waals surface area contributed by atoms with Crippen LogP contribution < -0.4 is 9.62 Å². The van der Waals surface area contributed by atoms with Gasteiger partial charge in [0.05, 0.1) is 11.9 Å². The van der Waals surface area contributed by atoms with Crippen molar-refractivity contribution in [1.82, 2.24) is 10.2 Å². The number of rotatable bonds is 14. The summed E-state index contributed by atoms with van der Waals surface area (Å²) in [5, 5.41) is 3.65. The van der Waals surface area contributed by atoms with Crippen molar-refractivity contribution in [3.05, 3.63) is 100 Å². The molecule has 3 aromatic rings. The van der Waals surface area contributed by atoms with Gasteiger partial charge in [0.15, 0.2) is 0 Å². The number of hydrogen-bond donors (Lipinski definition) is 1. The normalized spacial score (nSPS) is 12.8. The number of nitrogens with zero attached hydrogens (tertiary/aromatic N) is 2. The zero-order valence-corrected chi connectivity index (χ0v) is 26.7. The highest BCUT2D eigenvalue weighted by atomic mass is 35.5. The van der Waals surface area contributed by atoms with E-state index in [2.05, 4.69) is 5.32 Å². The van der Waals surface area contributed by atoms with Crippen LogP contribution in [0.2, 0.25) is 5.02 Å². The lowest BCUT2D eigenvalue weighted by molar-refractivity contribution is -0.141. The van der Waals surface area contributed by atoms with Crippen LogP contribution in [-0.2, 0) is 32.6 Å². The second-order valence-electron chi connectivity index (χ2n) is 10.8. The van der Waals surface area contributed by atoms with Gasteiger partial charge in [0.25, 0.3) is 0 Å². The Balaban J connectivity index is 1.90. The van der Waals surface area contributed by atoms with Crippen molar-refractivity contribution >= 4 is 39.1 Å². The number of hydrogen-bond acceptors (Lipinski definition) is 4. The average Bonchev–Trinajstić information content (AvgIpc) is 2.95. The number of nitrogens with one attached hydrogen (secondary N) is 1. The molecule has 0 radical (unpaired) electrons. The van der Waals surface area contributed by atoms with E-state index in [1.807, 2.05) is 82.3 Å². The minimum atomic E-state index is -3.58. The molecule has 0 bridgehead atoms. The summed E-state index contributed by atoms with van der Waals surface area (Å²) in [6.45, 7) is 8.13. The molecule has 0 aliphatic rings. The van der Waals surface area contributed by atoms with Gasteiger partial charge in [-0.25, -0.2) is 8.42 Å². The largest absolute Gasteiger partial charge is 0.352 e. The number of halogens is 1. The lowest BCUT2D eigenvalue weighted by Gasteiger charge is -2.33. The zero-order chi connectivity index (χ0) is 30.9. The predicted octanol–water partition coefficient (Wildman–Crippen LogP) is 6.06. The summed E-state index contributed by atoms with van der Waals surface area (Å²) in [6, 6.07) is 21.6. The molecule has 0 unspecified atom stereocenters. The van der Waals surface area contributed by atoms with Crippen molar-refractivity contribution in [2.24, 2.45) is 0 Å². The summed E-state index contributed by atoms with van der Waals surface area (Å²) in [7, 11) is -3.58. The highest BCUT2D eigenvalue weighted by Crippen LogP contribution is 2.26. The highest BCUT2D eigenvalue weighted by molar-refractivity contribution is 7.92. The molecule has 226 valence electrons. The van der Waals surface area contributed by atoms with Gasteiger partial charge in [-0.1, -0.05) is 73.1 Å². The Morgan fingerprint density at radius 3 is 2.21 bits per heavy atom. The number of carbonyl (C=O) groups is 2. The Hall–Kier alpha value is -3.36. The molecule has 0 spiro atoms. The van der Waals surface area contributed by atoms with Crippen LogP contribution in [0, 0.1) is 13.8 Å². The SMILES string of the molecule is CC[C@H](C)NC(=O)[C@@H](Cc1ccccc1)N(Cc1ccc(Cl)cc1)C(=O)CCCN(c1cccc(C)c1C)S(C)(=O)=O. The van der Waals surface area contributed by atoms with Crippen molar-refractivity contribution in [2.45, 2.75) is 72.0 Å². The Morgan fingerprint density at radius 1 is 0.929 bits per heavy atom. The molecule has 3 aromatic carbocycles. The van der Waals surface area contributed by atoms with Crippen LogP contribution in [0.15, 0.2) is 72.8 Å².